The van der Waals surface area contributed by atoms with Gasteiger partial charge in [-0.2, -0.15) is 10.5 Å². The number of pyridine rings is 1. The number of unbranched alkanes of at least 4 members (excludes halogenated alkanes) is 1. The number of nitrogens with one attached hydrogen (secondary N) is 1. The monoisotopic (exact) mass is 366 g/mol. The van der Waals surface area contributed by atoms with Crippen LogP contribution in [0, 0.1) is 29.6 Å². The van der Waals surface area contributed by atoms with Crippen molar-refractivity contribution in [2.24, 2.45) is 0 Å². The minimum atomic E-state index is -1.84. The van der Waals surface area contributed by atoms with Crippen LogP contribution in [-0.2, 0) is 0 Å². The Morgan fingerprint density at radius 1 is 1.26 bits per heavy atom. The molecule has 0 aliphatic rings. The molecule has 8 nitrogen and oxygen atoms in total. The summed E-state index contributed by atoms with van der Waals surface area (Å²) in [6.07, 6.45) is 1.56. The van der Waals surface area contributed by atoms with Gasteiger partial charge in [0.25, 0.3) is 5.56 Å². The number of benzene rings is 1. The molecule has 138 valence electrons. The molecule has 0 amide bonds. The van der Waals surface area contributed by atoms with E-state index in [-0.39, 0.29) is 45.9 Å². The summed E-state index contributed by atoms with van der Waals surface area (Å²) in [6.45, 7) is 3.97. The summed E-state index contributed by atoms with van der Waals surface area (Å²) in [5.74, 6) is -0.0781. The van der Waals surface area contributed by atoms with Crippen molar-refractivity contribution in [3.05, 3.63) is 39.2 Å². The largest absolute Gasteiger partial charge is 0.493 e. The fraction of sp³-hybridized carbons (Fsp3) is 0.278. The minimum absolute atomic E-state index is 0.0124. The number of hydrogen-bond donors (Lipinski definition) is 4. The number of rotatable bonds is 6. The SMILES string of the molecule is CCCCOc1c(B(O)O)cc(C)cc1-c1c(C#N)c(N)[nH]c(=O)c1C#N. The van der Waals surface area contributed by atoms with Gasteiger partial charge in [0.05, 0.1) is 6.61 Å². The molecule has 0 aliphatic heterocycles. The lowest BCUT2D eigenvalue weighted by atomic mass is 9.76. The lowest BCUT2D eigenvalue weighted by Crippen LogP contribution is -2.32. The number of H-pyrrole nitrogens is 1. The smallest absolute Gasteiger partial charge is 0.492 e. The highest BCUT2D eigenvalue weighted by Gasteiger charge is 2.26. The third-order valence-electron chi connectivity index (χ3n) is 4.02. The van der Waals surface area contributed by atoms with E-state index in [0.717, 1.165) is 6.42 Å². The number of anilines is 1. The molecule has 0 saturated heterocycles. The van der Waals surface area contributed by atoms with Crippen LogP contribution in [0.25, 0.3) is 11.1 Å². The Hall–Kier alpha value is -3.27. The lowest BCUT2D eigenvalue weighted by Gasteiger charge is -2.19. The van der Waals surface area contributed by atoms with Crippen LogP contribution in [0.3, 0.4) is 0 Å². The van der Waals surface area contributed by atoms with Crippen LogP contribution in [0.2, 0.25) is 0 Å². The summed E-state index contributed by atoms with van der Waals surface area (Å²) >= 11 is 0. The molecule has 5 N–H and O–H groups in total. The summed E-state index contributed by atoms with van der Waals surface area (Å²) in [5.41, 5.74) is 5.60. The first kappa shape index (κ1) is 20.1. The van der Waals surface area contributed by atoms with E-state index in [1.807, 2.05) is 13.0 Å². The Balaban J connectivity index is 2.93. The van der Waals surface area contributed by atoms with Gasteiger partial charge in [-0.3, -0.25) is 4.79 Å². The maximum atomic E-state index is 12.2. The van der Waals surface area contributed by atoms with Gasteiger partial charge in [0.15, 0.2) is 0 Å². The number of nitrogens with zero attached hydrogens (tertiary/aromatic N) is 2. The summed E-state index contributed by atoms with van der Waals surface area (Å²) in [7, 11) is -1.84. The predicted molar refractivity (Wildman–Crippen MR) is 101 cm³/mol. The van der Waals surface area contributed by atoms with E-state index in [4.69, 9.17) is 10.5 Å². The average Bonchev–Trinajstić information content (AvgIpc) is 2.61. The van der Waals surface area contributed by atoms with E-state index < -0.39 is 12.7 Å². The third-order valence-corrected chi connectivity index (χ3v) is 4.02. The molecule has 2 aromatic rings. The highest BCUT2D eigenvalue weighted by Crippen LogP contribution is 2.35. The molecule has 1 aromatic heterocycles. The van der Waals surface area contributed by atoms with Gasteiger partial charge in [-0.15, -0.1) is 0 Å². The maximum absolute atomic E-state index is 12.2. The maximum Gasteiger partial charge on any atom is 0.492 e. The molecule has 0 spiro atoms. The van der Waals surface area contributed by atoms with Crippen LogP contribution in [0.1, 0.15) is 36.5 Å². The topological polar surface area (TPSA) is 156 Å². The Morgan fingerprint density at radius 3 is 2.48 bits per heavy atom. The van der Waals surface area contributed by atoms with Crippen molar-refractivity contribution >= 4 is 18.4 Å². The van der Waals surface area contributed by atoms with Gasteiger partial charge in [-0.05, 0) is 19.4 Å². The van der Waals surface area contributed by atoms with Crippen molar-refractivity contribution < 1.29 is 14.8 Å². The Bertz CT molecular complexity index is 1000. The second-order valence-electron chi connectivity index (χ2n) is 6.02. The lowest BCUT2D eigenvalue weighted by molar-refractivity contribution is 0.311. The van der Waals surface area contributed by atoms with Crippen LogP contribution < -0.4 is 21.5 Å². The molecule has 1 aromatic carbocycles. The van der Waals surface area contributed by atoms with E-state index in [1.54, 1.807) is 19.1 Å². The zero-order valence-corrected chi connectivity index (χ0v) is 15.0. The number of aromatic nitrogens is 1. The Morgan fingerprint density at radius 2 is 1.93 bits per heavy atom. The molecule has 0 aliphatic carbocycles. The third kappa shape index (κ3) is 3.95. The van der Waals surface area contributed by atoms with Crippen LogP contribution >= 0.6 is 0 Å². The molecule has 0 atom stereocenters. The van der Waals surface area contributed by atoms with Crippen molar-refractivity contribution in [3.63, 3.8) is 0 Å². The number of nitriles is 2. The number of aromatic amines is 1. The molecule has 0 bridgehead atoms. The first-order valence-electron chi connectivity index (χ1n) is 8.35. The highest BCUT2D eigenvalue weighted by atomic mass is 16.5. The zero-order chi connectivity index (χ0) is 20.1. The predicted octanol–water partition coefficient (Wildman–Crippen LogP) is 0.535. The van der Waals surface area contributed by atoms with Gasteiger partial charge in [-0.1, -0.05) is 25.0 Å². The van der Waals surface area contributed by atoms with Gasteiger partial charge in [0.2, 0.25) is 0 Å². The van der Waals surface area contributed by atoms with Gasteiger partial charge < -0.3 is 25.5 Å². The Kier molecular flexibility index (Phi) is 6.25. The van der Waals surface area contributed by atoms with Gasteiger partial charge >= 0.3 is 7.12 Å². The normalized spacial score (nSPS) is 10.1. The van der Waals surface area contributed by atoms with Gasteiger partial charge in [-0.25, -0.2) is 0 Å². The number of hydrogen-bond acceptors (Lipinski definition) is 7. The minimum Gasteiger partial charge on any atom is -0.493 e. The van der Waals surface area contributed by atoms with Crippen molar-refractivity contribution in [3.8, 4) is 29.0 Å². The van der Waals surface area contributed by atoms with Crippen LogP contribution in [-0.4, -0.2) is 28.8 Å². The number of aryl methyl sites for hydroxylation is 1. The second kappa shape index (κ2) is 8.41. The van der Waals surface area contributed by atoms with Crippen molar-refractivity contribution in [1.82, 2.24) is 4.98 Å². The molecule has 9 heteroatoms. The van der Waals surface area contributed by atoms with Crippen LogP contribution in [0.5, 0.6) is 5.75 Å². The molecular formula is C18H19BN4O4. The molecule has 0 fully saturated rings. The Labute approximate surface area is 156 Å². The summed E-state index contributed by atoms with van der Waals surface area (Å²) in [6, 6.07) is 6.84. The van der Waals surface area contributed by atoms with Gasteiger partial charge in [0.1, 0.15) is 34.8 Å². The quantitative estimate of drug-likeness (QED) is 0.429. The standard InChI is InChI=1S/C18H19BN4O4/c1-3-4-5-27-16-11(6-10(2)7-14(16)19(25)26)15-12(8-20)17(22)23-18(24)13(15)9-21/h6-7,25-26H,3-5H2,1-2H3,(H3,22,23,24). The second-order valence-corrected chi connectivity index (χ2v) is 6.02. The highest BCUT2D eigenvalue weighted by molar-refractivity contribution is 6.60. The van der Waals surface area contributed by atoms with E-state index in [0.29, 0.717) is 12.0 Å². The molecule has 27 heavy (non-hydrogen) atoms. The fourth-order valence-corrected chi connectivity index (χ4v) is 2.77. The van der Waals surface area contributed by atoms with Crippen LogP contribution in [0.15, 0.2) is 16.9 Å². The van der Waals surface area contributed by atoms with Gasteiger partial charge in [0, 0.05) is 16.6 Å². The summed E-state index contributed by atoms with van der Waals surface area (Å²) in [4.78, 5) is 14.5. The zero-order valence-electron chi connectivity index (χ0n) is 15.0. The van der Waals surface area contributed by atoms with E-state index in [1.165, 1.54) is 6.07 Å². The molecule has 1 heterocycles. The summed E-state index contributed by atoms with van der Waals surface area (Å²) < 4.78 is 5.77. The molecule has 0 radical (unpaired) electrons. The van der Waals surface area contributed by atoms with E-state index >= 15 is 0 Å². The number of nitrogen functional groups attached to an aromatic ring is 1. The summed E-state index contributed by atoms with van der Waals surface area (Å²) in [5, 5.41) is 38.5. The van der Waals surface area contributed by atoms with E-state index in [2.05, 4.69) is 4.98 Å². The first-order valence-corrected chi connectivity index (χ1v) is 8.35. The first-order chi connectivity index (χ1) is 12.8. The molecule has 0 unspecified atom stereocenters. The number of nitrogens with two attached hydrogens (primary N) is 1. The molecule has 2 rings (SSSR count). The van der Waals surface area contributed by atoms with Crippen molar-refractivity contribution in [1.29, 1.82) is 10.5 Å². The van der Waals surface area contributed by atoms with E-state index in [9.17, 15) is 25.4 Å². The number of ether oxygens (including phenoxy) is 1. The van der Waals surface area contributed by atoms with Crippen molar-refractivity contribution in [2.45, 2.75) is 26.7 Å². The molecular weight excluding hydrogens is 347 g/mol. The average molecular weight is 366 g/mol. The fourth-order valence-electron chi connectivity index (χ4n) is 2.77. The molecule has 0 saturated carbocycles. The van der Waals surface area contributed by atoms with Crippen molar-refractivity contribution in [2.75, 3.05) is 12.3 Å². The van der Waals surface area contributed by atoms with Crippen LogP contribution in [0.4, 0.5) is 5.82 Å².